The number of carbonyl (C=O) groups excluding carboxylic acids is 2. The molecule has 1 aromatic rings. The molecule has 0 aliphatic carbocycles. The van der Waals surface area contributed by atoms with Crippen molar-refractivity contribution in [1.29, 1.82) is 0 Å². The van der Waals surface area contributed by atoms with Gasteiger partial charge in [0, 0.05) is 19.2 Å². The van der Waals surface area contributed by atoms with E-state index < -0.39 is 5.91 Å². The van der Waals surface area contributed by atoms with Crippen LogP contribution in [0.2, 0.25) is 0 Å². The van der Waals surface area contributed by atoms with Crippen molar-refractivity contribution in [2.75, 3.05) is 13.6 Å². The lowest BCUT2D eigenvalue weighted by Crippen LogP contribution is -2.41. The van der Waals surface area contributed by atoms with Crippen molar-refractivity contribution in [2.45, 2.75) is 25.4 Å². The molecule has 0 spiro atoms. The lowest BCUT2D eigenvalue weighted by molar-refractivity contribution is -0.125. The van der Waals surface area contributed by atoms with Crippen molar-refractivity contribution >= 4 is 11.8 Å². The molecule has 102 valence electrons. The molecule has 1 aliphatic rings. The Hall–Kier alpha value is -1.88. The molecule has 0 bridgehead atoms. The Balaban J connectivity index is 2.04. The van der Waals surface area contributed by atoms with Crippen molar-refractivity contribution in [1.82, 2.24) is 10.2 Å². The first kappa shape index (κ1) is 13.5. The van der Waals surface area contributed by atoms with Crippen LogP contribution in [0.1, 0.15) is 28.8 Å². The highest BCUT2D eigenvalue weighted by Crippen LogP contribution is 2.20. The average molecular weight is 261 g/mol. The zero-order valence-corrected chi connectivity index (χ0v) is 11.1. The minimum Gasteiger partial charge on any atom is -0.366 e. The summed E-state index contributed by atoms with van der Waals surface area (Å²) in [6.45, 7) is 1.65. The number of likely N-dealkylation sites (tertiary alicyclic amines) is 1. The lowest BCUT2D eigenvalue weighted by Gasteiger charge is -2.23. The third-order valence-corrected chi connectivity index (χ3v) is 3.54. The largest absolute Gasteiger partial charge is 0.366 e. The zero-order valence-electron chi connectivity index (χ0n) is 11.1. The summed E-state index contributed by atoms with van der Waals surface area (Å²) in [6.07, 6.45) is 1.94. The number of hydrogen-bond donors (Lipinski definition) is 2. The van der Waals surface area contributed by atoms with Gasteiger partial charge in [-0.25, -0.2) is 0 Å². The molecule has 0 saturated carbocycles. The summed E-state index contributed by atoms with van der Waals surface area (Å²) < 4.78 is 0. The van der Waals surface area contributed by atoms with Crippen LogP contribution < -0.4 is 11.1 Å². The van der Waals surface area contributed by atoms with Crippen molar-refractivity contribution < 1.29 is 9.59 Å². The van der Waals surface area contributed by atoms with E-state index in [-0.39, 0.29) is 11.9 Å². The fourth-order valence-corrected chi connectivity index (χ4v) is 2.49. The van der Waals surface area contributed by atoms with Gasteiger partial charge < -0.3 is 11.1 Å². The van der Waals surface area contributed by atoms with Crippen LogP contribution in [0.25, 0.3) is 0 Å². The van der Waals surface area contributed by atoms with E-state index >= 15 is 0 Å². The van der Waals surface area contributed by atoms with Gasteiger partial charge in [-0.1, -0.05) is 12.1 Å². The Bertz CT molecular complexity index is 470. The Labute approximate surface area is 112 Å². The highest BCUT2D eigenvalue weighted by molar-refractivity contribution is 5.92. The predicted molar refractivity (Wildman–Crippen MR) is 72.5 cm³/mol. The Morgan fingerprint density at radius 3 is 2.63 bits per heavy atom. The second-order valence-electron chi connectivity index (χ2n) is 4.80. The van der Waals surface area contributed by atoms with Gasteiger partial charge in [-0.2, -0.15) is 0 Å². The minimum atomic E-state index is -0.420. The van der Waals surface area contributed by atoms with Gasteiger partial charge in [0.15, 0.2) is 0 Å². The maximum atomic E-state index is 11.7. The summed E-state index contributed by atoms with van der Waals surface area (Å²) in [6, 6.07) is 7.19. The molecule has 1 atom stereocenters. The van der Waals surface area contributed by atoms with Crippen LogP contribution in [0.4, 0.5) is 0 Å². The number of nitrogens with one attached hydrogen (secondary N) is 1. The fraction of sp³-hybridized carbons (Fsp3) is 0.429. The summed E-state index contributed by atoms with van der Waals surface area (Å²) in [5.74, 6) is -0.345. The molecule has 3 N–H and O–H groups in total. The van der Waals surface area contributed by atoms with E-state index in [1.165, 1.54) is 0 Å². The number of likely N-dealkylation sites (N-methyl/N-ethyl adjacent to an activating group) is 1. The van der Waals surface area contributed by atoms with Gasteiger partial charge in [0.2, 0.25) is 11.8 Å². The van der Waals surface area contributed by atoms with E-state index in [0.29, 0.717) is 5.56 Å². The average Bonchev–Trinajstić information content (AvgIpc) is 2.86. The molecule has 0 radical (unpaired) electrons. The van der Waals surface area contributed by atoms with E-state index in [2.05, 4.69) is 10.2 Å². The maximum Gasteiger partial charge on any atom is 0.248 e. The van der Waals surface area contributed by atoms with Gasteiger partial charge in [-0.3, -0.25) is 14.5 Å². The number of nitrogens with two attached hydrogens (primary N) is 1. The minimum absolute atomic E-state index is 0.0409. The third kappa shape index (κ3) is 3.12. The van der Waals surface area contributed by atoms with Crippen molar-refractivity contribution in [3.05, 3.63) is 35.4 Å². The Morgan fingerprint density at radius 1 is 1.37 bits per heavy atom. The molecule has 2 amide bonds. The normalized spacial score (nSPS) is 19.3. The second-order valence-corrected chi connectivity index (χ2v) is 4.80. The Kier molecular flexibility index (Phi) is 4.16. The number of carbonyl (C=O) groups is 2. The molecule has 1 heterocycles. The Morgan fingerprint density at radius 2 is 2.05 bits per heavy atom. The molecule has 1 unspecified atom stereocenters. The summed E-state index contributed by atoms with van der Waals surface area (Å²) in [5, 5.41) is 2.70. The number of primary amides is 1. The summed E-state index contributed by atoms with van der Waals surface area (Å²) in [4.78, 5) is 24.9. The van der Waals surface area contributed by atoms with Gasteiger partial charge in [0.1, 0.15) is 0 Å². The van der Waals surface area contributed by atoms with Gasteiger partial charge in [-0.05, 0) is 37.1 Å². The molecule has 1 fully saturated rings. The van der Waals surface area contributed by atoms with Crippen LogP contribution in [0.5, 0.6) is 0 Å². The molecular formula is C14H19N3O2. The van der Waals surface area contributed by atoms with Crippen LogP contribution in [-0.2, 0) is 11.3 Å². The molecule has 19 heavy (non-hydrogen) atoms. The second kappa shape index (κ2) is 5.84. The lowest BCUT2D eigenvalue weighted by atomic mass is 10.1. The van der Waals surface area contributed by atoms with E-state index in [9.17, 15) is 9.59 Å². The van der Waals surface area contributed by atoms with Crippen LogP contribution in [0.3, 0.4) is 0 Å². The highest BCUT2D eigenvalue weighted by atomic mass is 16.2. The van der Waals surface area contributed by atoms with Crippen LogP contribution in [0.15, 0.2) is 24.3 Å². The first-order chi connectivity index (χ1) is 9.11. The van der Waals surface area contributed by atoms with Crippen LogP contribution in [-0.4, -0.2) is 36.3 Å². The van der Waals surface area contributed by atoms with Gasteiger partial charge in [0.25, 0.3) is 0 Å². The molecule has 1 aliphatic heterocycles. The number of benzene rings is 1. The molecule has 1 aromatic carbocycles. The first-order valence-electron chi connectivity index (χ1n) is 6.46. The van der Waals surface area contributed by atoms with Crippen LogP contribution >= 0.6 is 0 Å². The zero-order chi connectivity index (χ0) is 13.8. The first-order valence-corrected chi connectivity index (χ1v) is 6.46. The van der Waals surface area contributed by atoms with Crippen molar-refractivity contribution in [3.63, 3.8) is 0 Å². The molecular weight excluding hydrogens is 242 g/mol. The highest BCUT2D eigenvalue weighted by Gasteiger charge is 2.29. The SMILES string of the molecule is CNC(=O)C1CCCN1Cc1ccc(C(N)=O)cc1. The topological polar surface area (TPSA) is 75.4 Å². The molecule has 0 aromatic heterocycles. The standard InChI is InChI=1S/C14H19N3O2/c1-16-14(19)12-3-2-8-17(12)9-10-4-6-11(7-5-10)13(15)18/h4-7,12H,2-3,8-9H2,1H3,(H2,15,18)(H,16,19). The summed E-state index contributed by atoms with van der Waals surface area (Å²) in [7, 11) is 1.67. The summed E-state index contributed by atoms with van der Waals surface area (Å²) in [5.41, 5.74) is 6.80. The number of nitrogens with zero attached hydrogens (tertiary/aromatic N) is 1. The third-order valence-electron chi connectivity index (χ3n) is 3.54. The summed E-state index contributed by atoms with van der Waals surface area (Å²) >= 11 is 0. The number of amides is 2. The molecule has 5 heteroatoms. The van der Waals surface area contributed by atoms with Crippen molar-refractivity contribution in [2.24, 2.45) is 5.73 Å². The van der Waals surface area contributed by atoms with Gasteiger partial charge in [-0.15, -0.1) is 0 Å². The number of rotatable bonds is 4. The maximum absolute atomic E-state index is 11.7. The van der Waals surface area contributed by atoms with Gasteiger partial charge >= 0.3 is 0 Å². The monoisotopic (exact) mass is 261 g/mol. The predicted octanol–water partition coefficient (Wildman–Crippen LogP) is 0.496. The number of hydrogen-bond acceptors (Lipinski definition) is 3. The molecule has 1 saturated heterocycles. The van der Waals surface area contributed by atoms with E-state index in [1.54, 1.807) is 19.2 Å². The van der Waals surface area contributed by atoms with Gasteiger partial charge in [0.05, 0.1) is 6.04 Å². The van der Waals surface area contributed by atoms with E-state index in [1.807, 2.05) is 12.1 Å². The molecule has 5 nitrogen and oxygen atoms in total. The van der Waals surface area contributed by atoms with E-state index in [4.69, 9.17) is 5.73 Å². The fourth-order valence-electron chi connectivity index (χ4n) is 2.49. The van der Waals surface area contributed by atoms with E-state index in [0.717, 1.165) is 31.5 Å². The van der Waals surface area contributed by atoms with Crippen LogP contribution in [0, 0.1) is 0 Å². The quantitative estimate of drug-likeness (QED) is 0.828. The molecule has 2 rings (SSSR count). The smallest absolute Gasteiger partial charge is 0.248 e. The van der Waals surface area contributed by atoms with Crippen molar-refractivity contribution in [3.8, 4) is 0 Å².